The molecular formula is C30H37N11O4. The lowest BCUT2D eigenvalue weighted by atomic mass is 10.1. The number of amides is 1. The molecule has 0 aliphatic carbocycles. The summed E-state index contributed by atoms with van der Waals surface area (Å²) in [7, 11) is 1.66. The lowest BCUT2D eigenvalue weighted by Crippen LogP contribution is -2.39. The number of nitrogens with two attached hydrogens (primary N) is 1. The van der Waals surface area contributed by atoms with Crippen LogP contribution in [0.2, 0.25) is 0 Å². The molecule has 15 heteroatoms. The third kappa shape index (κ3) is 5.78. The van der Waals surface area contributed by atoms with Gasteiger partial charge in [-0.25, -0.2) is 9.78 Å². The summed E-state index contributed by atoms with van der Waals surface area (Å²) in [5.74, 6) is 0.758. The first kappa shape index (κ1) is 30.0. The highest BCUT2D eigenvalue weighted by molar-refractivity contribution is 5.91. The number of rotatable bonds is 11. The number of aromatic nitrogens is 8. The van der Waals surface area contributed by atoms with E-state index < -0.39 is 11.2 Å². The first-order valence-corrected chi connectivity index (χ1v) is 15.2. The van der Waals surface area contributed by atoms with Gasteiger partial charge in [0.25, 0.3) is 5.56 Å². The van der Waals surface area contributed by atoms with E-state index in [9.17, 15) is 14.4 Å². The van der Waals surface area contributed by atoms with Crippen molar-refractivity contribution < 1.29 is 9.53 Å². The van der Waals surface area contributed by atoms with Crippen LogP contribution in [0.1, 0.15) is 50.5 Å². The Hall–Kier alpha value is -5.05. The lowest BCUT2D eigenvalue weighted by molar-refractivity contribution is -0.116. The van der Waals surface area contributed by atoms with Gasteiger partial charge in [-0.3, -0.25) is 28.6 Å². The number of hydrogen-bond donors (Lipinski definition) is 3. The number of nitrogen functional groups attached to an aromatic ring is 1. The summed E-state index contributed by atoms with van der Waals surface area (Å²) in [6, 6.07) is 8.08. The monoisotopic (exact) mass is 615 g/mol. The summed E-state index contributed by atoms with van der Waals surface area (Å²) in [5, 5.41) is 6.06. The number of nitrogens with one attached hydrogen (secondary N) is 2. The molecule has 4 aromatic heterocycles. The van der Waals surface area contributed by atoms with Gasteiger partial charge in [0.1, 0.15) is 11.7 Å². The maximum Gasteiger partial charge on any atom is 0.332 e. The zero-order chi connectivity index (χ0) is 31.7. The molecule has 4 N–H and O–H groups in total. The molecule has 1 saturated heterocycles. The molecule has 1 atom stereocenters. The van der Waals surface area contributed by atoms with E-state index in [1.54, 1.807) is 20.3 Å². The minimum atomic E-state index is -0.424. The summed E-state index contributed by atoms with van der Waals surface area (Å²) in [6.45, 7) is 5.49. The summed E-state index contributed by atoms with van der Waals surface area (Å²) >= 11 is 0. The topological polar surface area (TPSA) is 182 Å². The standard InChI is InChI=1S/C30H37N11O4/c1-4-39-26-23(27(43)40(5-2)30(39)44)38(3)29(37-26)34-20(42)13-12-18-8-10-19(11-9-18)14-15-32-28-35-24(31)22-25(36-28)41(17-33-22)21-7-6-16-45-21/h8-11,17,21H,4-7,12-16H2,1-3H3,(H,34,37,42)(H3,31,32,35,36). The average Bonchev–Trinajstić information content (AvgIpc) is 3.77. The molecule has 5 heterocycles. The number of carbonyl (C=O) groups excluding carboxylic acids is 1. The quantitative estimate of drug-likeness (QED) is 0.199. The molecule has 0 saturated carbocycles. The van der Waals surface area contributed by atoms with Crippen LogP contribution in [0.25, 0.3) is 22.3 Å². The lowest BCUT2D eigenvalue weighted by Gasteiger charge is -2.12. The van der Waals surface area contributed by atoms with E-state index in [4.69, 9.17) is 10.5 Å². The Morgan fingerprint density at radius 3 is 2.44 bits per heavy atom. The van der Waals surface area contributed by atoms with Crippen LogP contribution in [0.3, 0.4) is 0 Å². The molecule has 1 aliphatic heterocycles. The number of hydrogen-bond acceptors (Lipinski definition) is 10. The Balaban J connectivity index is 1.04. The fourth-order valence-corrected chi connectivity index (χ4v) is 5.68. The van der Waals surface area contributed by atoms with E-state index in [-0.39, 0.29) is 42.2 Å². The highest BCUT2D eigenvalue weighted by Gasteiger charge is 2.22. The van der Waals surface area contributed by atoms with Crippen LogP contribution in [0, 0.1) is 0 Å². The molecular weight excluding hydrogens is 578 g/mol. The van der Waals surface area contributed by atoms with Crippen LogP contribution in [0.5, 0.6) is 0 Å². The normalized spacial score (nSPS) is 14.9. The van der Waals surface area contributed by atoms with Gasteiger partial charge in [-0.2, -0.15) is 15.0 Å². The molecule has 6 rings (SSSR count). The van der Waals surface area contributed by atoms with Crippen molar-refractivity contribution in [3.8, 4) is 0 Å². The summed E-state index contributed by atoms with van der Waals surface area (Å²) in [6.07, 6.45) is 5.03. The van der Waals surface area contributed by atoms with Crippen LogP contribution >= 0.6 is 0 Å². The molecule has 236 valence electrons. The third-order valence-electron chi connectivity index (χ3n) is 8.15. The van der Waals surface area contributed by atoms with Gasteiger partial charge in [0.2, 0.25) is 17.8 Å². The molecule has 0 radical (unpaired) electrons. The highest BCUT2D eigenvalue weighted by atomic mass is 16.5. The minimum absolute atomic E-state index is 0.0850. The second kappa shape index (κ2) is 12.5. The van der Waals surface area contributed by atoms with Gasteiger partial charge in [0.05, 0.1) is 6.33 Å². The van der Waals surface area contributed by atoms with Crippen molar-refractivity contribution in [1.82, 2.24) is 38.2 Å². The van der Waals surface area contributed by atoms with E-state index in [0.29, 0.717) is 42.4 Å². The van der Waals surface area contributed by atoms with E-state index >= 15 is 0 Å². The number of aryl methyl sites for hydroxylation is 3. The van der Waals surface area contributed by atoms with Crippen molar-refractivity contribution in [1.29, 1.82) is 0 Å². The molecule has 1 aliphatic rings. The molecule has 5 aromatic rings. The van der Waals surface area contributed by atoms with Crippen LogP contribution in [-0.4, -0.2) is 57.3 Å². The zero-order valence-corrected chi connectivity index (χ0v) is 25.6. The van der Waals surface area contributed by atoms with Crippen LogP contribution in [-0.2, 0) is 42.5 Å². The van der Waals surface area contributed by atoms with Crippen molar-refractivity contribution in [3.63, 3.8) is 0 Å². The number of nitrogens with zero attached hydrogens (tertiary/aromatic N) is 8. The fraction of sp³-hybridized carbons (Fsp3) is 0.433. The molecule has 1 unspecified atom stereocenters. The Kier molecular flexibility index (Phi) is 8.34. The van der Waals surface area contributed by atoms with Crippen LogP contribution < -0.4 is 27.6 Å². The molecule has 0 spiro atoms. The molecule has 15 nitrogen and oxygen atoms in total. The predicted octanol–water partition coefficient (Wildman–Crippen LogP) is 2.19. The van der Waals surface area contributed by atoms with Crippen LogP contribution in [0.15, 0.2) is 40.2 Å². The second-order valence-corrected chi connectivity index (χ2v) is 11.0. The highest BCUT2D eigenvalue weighted by Crippen LogP contribution is 2.28. The molecule has 1 amide bonds. The second-order valence-electron chi connectivity index (χ2n) is 11.0. The van der Waals surface area contributed by atoms with Gasteiger partial charge in [0.15, 0.2) is 22.6 Å². The molecule has 1 aromatic carbocycles. The maximum atomic E-state index is 12.9. The Morgan fingerprint density at radius 1 is 1.02 bits per heavy atom. The van der Waals surface area contributed by atoms with Gasteiger partial charge in [0, 0.05) is 39.7 Å². The summed E-state index contributed by atoms with van der Waals surface area (Å²) < 4.78 is 11.8. The maximum absolute atomic E-state index is 12.9. The van der Waals surface area contributed by atoms with E-state index in [2.05, 4.69) is 30.6 Å². The van der Waals surface area contributed by atoms with E-state index in [1.165, 1.54) is 13.7 Å². The smallest absolute Gasteiger partial charge is 0.332 e. The SMILES string of the molecule is CCn1c(=O)c2c(nc(NC(=O)CCc3ccc(CCNc4nc(N)c5ncn(C6CCCO6)c5n4)cc3)n2C)n(CC)c1=O. The number of carbonyl (C=O) groups is 1. The minimum Gasteiger partial charge on any atom is -0.382 e. The largest absolute Gasteiger partial charge is 0.382 e. The fourth-order valence-electron chi connectivity index (χ4n) is 5.68. The Labute approximate surface area is 258 Å². The number of fused-ring (bicyclic) bond motifs is 2. The van der Waals surface area contributed by atoms with Crippen molar-refractivity contribution in [2.75, 3.05) is 29.5 Å². The number of anilines is 3. The van der Waals surface area contributed by atoms with Gasteiger partial charge in [-0.05, 0) is 50.7 Å². The van der Waals surface area contributed by atoms with Gasteiger partial charge in [-0.1, -0.05) is 24.3 Å². The third-order valence-corrected chi connectivity index (χ3v) is 8.15. The van der Waals surface area contributed by atoms with Crippen molar-refractivity contribution >= 4 is 45.9 Å². The molecule has 45 heavy (non-hydrogen) atoms. The average molecular weight is 616 g/mol. The number of ether oxygens (including phenoxy) is 1. The van der Waals surface area contributed by atoms with Gasteiger partial charge < -0.3 is 20.4 Å². The molecule has 0 bridgehead atoms. The summed E-state index contributed by atoms with van der Waals surface area (Å²) in [4.78, 5) is 56.2. The zero-order valence-electron chi connectivity index (χ0n) is 25.6. The Morgan fingerprint density at radius 2 is 1.76 bits per heavy atom. The number of imidazole rings is 2. The predicted molar refractivity (Wildman–Crippen MR) is 170 cm³/mol. The number of benzene rings is 1. The van der Waals surface area contributed by atoms with Crippen LogP contribution in [0.4, 0.5) is 17.7 Å². The first-order chi connectivity index (χ1) is 21.8. The van der Waals surface area contributed by atoms with Gasteiger partial charge >= 0.3 is 5.69 Å². The summed E-state index contributed by atoms with van der Waals surface area (Å²) in [5.41, 5.74) is 9.22. The van der Waals surface area contributed by atoms with Gasteiger partial charge in [-0.15, -0.1) is 0 Å². The van der Waals surface area contributed by atoms with E-state index in [0.717, 1.165) is 37.0 Å². The van der Waals surface area contributed by atoms with Crippen molar-refractivity contribution in [2.24, 2.45) is 7.05 Å². The van der Waals surface area contributed by atoms with Crippen molar-refractivity contribution in [3.05, 3.63) is 62.6 Å². The molecule has 1 fully saturated rings. The van der Waals surface area contributed by atoms with E-state index in [1.807, 2.05) is 35.8 Å². The van der Waals surface area contributed by atoms with Crippen molar-refractivity contribution in [2.45, 2.75) is 65.3 Å². The Bertz CT molecular complexity index is 1980. The first-order valence-electron chi connectivity index (χ1n) is 15.2.